The van der Waals surface area contributed by atoms with Crippen molar-refractivity contribution in [1.82, 2.24) is 0 Å². The maximum Gasteiger partial charge on any atom is 0.306 e. The molecule has 0 bridgehead atoms. The number of nitrogens with zero attached hydrogens (tertiary/aromatic N) is 1. The summed E-state index contributed by atoms with van der Waals surface area (Å²) in [7, 11) is 5.58. The first-order chi connectivity index (χ1) is 23.1. The third-order valence-corrected chi connectivity index (χ3v) is 9.86. The van der Waals surface area contributed by atoms with E-state index < -0.39 is 18.0 Å². The number of rotatable bonds is 38. The summed E-state index contributed by atoms with van der Waals surface area (Å²) in [5.41, 5.74) is -1.78. The fourth-order valence-electron chi connectivity index (χ4n) is 7.05. The molecule has 284 valence electrons. The van der Waals surface area contributed by atoms with Gasteiger partial charge in [-0.2, -0.15) is 0 Å². The molecule has 0 rings (SSSR count). The molecule has 0 aromatic heterocycles. The lowest BCUT2D eigenvalue weighted by molar-refractivity contribution is -0.875. The summed E-state index contributed by atoms with van der Waals surface area (Å²) in [6.45, 7) is 2.41. The van der Waals surface area contributed by atoms with Crippen molar-refractivity contribution in [3.63, 3.8) is 0 Å². The summed E-state index contributed by atoms with van der Waals surface area (Å²) < 4.78 is 0.350. The average molecular weight is 679 g/mol. The molecule has 0 heterocycles. The second-order valence-electron chi connectivity index (χ2n) is 16.2. The van der Waals surface area contributed by atoms with Crippen LogP contribution in [0.3, 0.4) is 0 Å². The molecule has 0 aromatic rings. The van der Waals surface area contributed by atoms with Gasteiger partial charge in [0.25, 0.3) is 0 Å². The summed E-state index contributed by atoms with van der Waals surface area (Å²) in [4.78, 5) is 23.8. The number of allylic oxidation sites excluding steroid dienone is 2. The van der Waals surface area contributed by atoms with Gasteiger partial charge in [0.2, 0.25) is 0 Å². The quantitative estimate of drug-likeness (QED) is 0.0387. The van der Waals surface area contributed by atoms with Crippen LogP contribution in [0, 0.1) is 0 Å². The first-order valence-corrected chi connectivity index (χ1v) is 21.0. The molecule has 0 radical (unpaired) electrons. The number of hydrogen-bond acceptors (Lipinski definition) is 3. The number of hydrogen-bond donors (Lipinski definition) is 2. The Hall–Kier alpha value is -1.20. The summed E-state index contributed by atoms with van der Waals surface area (Å²) >= 11 is 0. The summed E-state index contributed by atoms with van der Waals surface area (Å²) in [5, 5.41) is 19.9. The van der Waals surface area contributed by atoms with E-state index in [0.717, 1.165) is 25.7 Å². The Morgan fingerprint density at radius 3 is 1.08 bits per heavy atom. The normalized spacial score (nSPS) is 13.4. The number of Topliss-reactive ketones (excluding diaryl/α,β-unsaturated/α-hetero) is 1. The molecule has 0 spiro atoms. The van der Waals surface area contributed by atoms with Crippen molar-refractivity contribution >= 4 is 11.8 Å². The van der Waals surface area contributed by atoms with Gasteiger partial charge in [0.1, 0.15) is 6.54 Å². The van der Waals surface area contributed by atoms with Crippen molar-refractivity contribution in [2.75, 3.05) is 27.7 Å². The lowest BCUT2D eigenvalue weighted by Gasteiger charge is -2.33. The molecular weight excluding hydrogens is 594 g/mol. The van der Waals surface area contributed by atoms with Gasteiger partial charge in [-0.3, -0.25) is 9.59 Å². The van der Waals surface area contributed by atoms with Crippen LogP contribution in [0.15, 0.2) is 12.2 Å². The molecule has 48 heavy (non-hydrogen) atoms. The minimum Gasteiger partial charge on any atom is -0.481 e. The second kappa shape index (κ2) is 33.0. The summed E-state index contributed by atoms with van der Waals surface area (Å²) in [5.74, 6) is -1.46. The van der Waals surface area contributed by atoms with Crippen LogP contribution in [0.4, 0.5) is 0 Å². The molecule has 1 unspecified atom stereocenters. The highest BCUT2D eigenvalue weighted by atomic mass is 16.4. The minimum absolute atomic E-state index is 0.115. The van der Waals surface area contributed by atoms with Gasteiger partial charge < -0.3 is 14.7 Å². The van der Waals surface area contributed by atoms with Crippen LogP contribution in [0.2, 0.25) is 0 Å². The molecule has 0 aliphatic heterocycles. The first kappa shape index (κ1) is 46.8. The smallest absolute Gasteiger partial charge is 0.306 e. The fraction of sp³-hybridized carbons (Fsp3) is 0.907. The molecule has 2 N–H and O–H groups in total. The van der Waals surface area contributed by atoms with Crippen molar-refractivity contribution in [2.24, 2.45) is 0 Å². The third-order valence-electron chi connectivity index (χ3n) is 9.86. The summed E-state index contributed by atoms with van der Waals surface area (Å²) in [6.07, 6.45) is 46.2. The predicted octanol–water partition coefficient (Wildman–Crippen LogP) is 12.5. The Labute approximate surface area is 299 Å². The van der Waals surface area contributed by atoms with E-state index in [9.17, 15) is 14.7 Å². The highest BCUT2D eigenvalue weighted by molar-refractivity contribution is 5.91. The molecule has 0 amide bonds. The first-order valence-electron chi connectivity index (χ1n) is 21.0. The zero-order chi connectivity index (χ0) is 35.6. The Bertz CT molecular complexity index is 758. The topological polar surface area (TPSA) is 74.6 Å². The number of ketones is 1. The number of carboxylic acid groups (broad SMARTS) is 1. The lowest BCUT2D eigenvalue weighted by atomic mass is 9.89. The molecular formula is C43H84NO4+. The number of unbranched alkanes of at least 4 members (excludes halogenated alkanes) is 29. The van der Waals surface area contributed by atoms with E-state index in [1.165, 1.54) is 167 Å². The Morgan fingerprint density at radius 2 is 0.792 bits per heavy atom. The van der Waals surface area contributed by atoms with Gasteiger partial charge in [0.15, 0.2) is 11.4 Å². The second-order valence-corrected chi connectivity index (χ2v) is 16.2. The standard InChI is InChI=1S/C43H83NO4/c1-5-6-7-8-9-10-11-12-13-14-15-16-17-18-19-20-21-22-23-24-25-26-27-28-29-30-31-32-33-34-35-36-37-38-41(45)43(48,39-42(46)47)40-44(2,3)4/h30-31,48H,5-29,32-40H2,1-4H3/p+1/b31-30-. The van der Waals surface area contributed by atoms with Crippen molar-refractivity contribution in [3.05, 3.63) is 12.2 Å². The number of carboxylic acids is 1. The molecule has 0 saturated carbocycles. The Kier molecular flexibility index (Phi) is 32.1. The average Bonchev–Trinajstić information content (AvgIpc) is 3.01. The highest BCUT2D eigenvalue weighted by Crippen LogP contribution is 2.21. The molecule has 0 aromatic carbocycles. The van der Waals surface area contributed by atoms with E-state index in [2.05, 4.69) is 19.1 Å². The van der Waals surface area contributed by atoms with Gasteiger partial charge in [0.05, 0.1) is 27.6 Å². The number of aliphatic carboxylic acids is 1. The van der Waals surface area contributed by atoms with Crippen molar-refractivity contribution in [2.45, 2.75) is 224 Å². The van der Waals surface area contributed by atoms with Crippen LogP contribution in [-0.2, 0) is 9.59 Å². The van der Waals surface area contributed by atoms with Gasteiger partial charge in [-0.25, -0.2) is 0 Å². The van der Waals surface area contributed by atoms with E-state index in [0.29, 0.717) is 10.9 Å². The van der Waals surface area contributed by atoms with Gasteiger partial charge in [-0.05, 0) is 32.1 Å². The monoisotopic (exact) mass is 679 g/mol. The predicted molar refractivity (Wildman–Crippen MR) is 208 cm³/mol. The van der Waals surface area contributed by atoms with Crippen molar-refractivity contribution in [1.29, 1.82) is 0 Å². The van der Waals surface area contributed by atoms with Gasteiger partial charge in [-0.15, -0.1) is 0 Å². The van der Waals surface area contributed by atoms with Crippen LogP contribution in [0.25, 0.3) is 0 Å². The lowest BCUT2D eigenvalue weighted by Crippen LogP contribution is -2.54. The molecule has 5 nitrogen and oxygen atoms in total. The molecule has 1 atom stereocenters. The van der Waals surface area contributed by atoms with E-state index in [1.807, 2.05) is 21.1 Å². The Morgan fingerprint density at radius 1 is 0.500 bits per heavy atom. The van der Waals surface area contributed by atoms with Gasteiger partial charge in [0, 0.05) is 6.42 Å². The van der Waals surface area contributed by atoms with Crippen molar-refractivity contribution < 1.29 is 24.3 Å². The molecule has 0 fully saturated rings. The largest absolute Gasteiger partial charge is 0.481 e. The molecule has 0 saturated heterocycles. The number of carbonyl (C=O) groups excluding carboxylic acids is 1. The maximum atomic E-state index is 12.6. The van der Waals surface area contributed by atoms with E-state index in [4.69, 9.17) is 5.11 Å². The minimum atomic E-state index is -1.78. The Balaban J connectivity index is 3.39. The van der Waals surface area contributed by atoms with Gasteiger partial charge >= 0.3 is 5.97 Å². The molecule has 0 aliphatic carbocycles. The van der Waals surface area contributed by atoms with Crippen molar-refractivity contribution in [3.8, 4) is 0 Å². The van der Waals surface area contributed by atoms with Crippen LogP contribution >= 0.6 is 0 Å². The number of quaternary nitrogens is 1. The zero-order valence-corrected chi connectivity index (χ0v) is 32.9. The fourth-order valence-corrected chi connectivity index (χ4v) is 7.05. The van der Waals surface area contributed by atoms with E-state index in [-0.39, 0.29) is 18.7 Å². The van der Waals surface area contributed by atoms with Crippen LogP contribution in [-0.4, -0.2) is 59.7 Å². The van der Waals surface area contributed by atoms with Crippen LogP contribution in [0.1, 0.15) is 219 Å². The van der Waals surface area contributed by atoms with Crippen LogP contribution < -0.4 is 0 Å². The third kappa shape index (κ3) is 33.3. The number of likely N-dealkylation sites (N-methyl/N-ethyl adjacent to an activating group) is 1. The zero-order valence-electron chi connectivity index (χ0n) is 32.9. The SMILES string of the molecule is CCCCCCCCCCCCCCCCCCCCCCCCCC/C=C\CCCCCCCC(=O)C(O)(CC(=O)O)C[N+](C)(C)C. The maximum absolute atomic E-state index is 12.6. The number of aliphatic hydroxyl groups is 1. The summed E-state index contributed by atoms with van der Waals surface area (Å²) in [6, 6.07) is 0. The molecule has 5 heteroatoms. The number of carbonyl (C=O) groups is 2. The van der Waals surface area contributed by atoms with E-state index in [1.54, 1.807) is 0 Å². The van der Waals surface area contributed by atoms with Crippen LogP contribution in [0.5, 0.6) is 0 Å². The molecule has 0 aliphatic rings. The highest BCUT2D eigenvalue weighted by Gasteiger charge is 2.42. The van der Waals surface area contributed by atoms with E-state index >= 15 is 0 Å². The van der Waals surface area contributed by atoms with Gasteiger partial charge in [-0.1, -0.05) is 186 Å².